The summed E-state index contributed by atoms with van der Waals surface area (Å²) in [7, 11) is 0. The molecule has 1 aromatic heterocycles. The van der Waals surface area contributed by atoms with Crippen LogP contribution in [0.25, 0.3) is 0 Å². The van der Waals surface area contributed by atoms with Gasteiger partial charge in [-0.2, -0.15) is 4.98 Å². The lowest BCUT2D eigenvalue weighted by atomic mass is 10.1. The first kappa shape index (κ1) is 6.33. The highest BCUT2D eigenvalue weighted by atomic mass is 16.5. The van der Waals surface area contributed by atoms with Crippen molar-refractivity contribution in [3.05, 3.63) is 12.2 Å². The average Bonchev–Trinajstić information content (AvgIpc) is 2.55. The highest BCUT2D eigenvalue weighted by Gasteiger charge is 2.26. The zero-order valence-corrected chi connectivity index (χ0v) is 5.78. The molecule has 5 heteroatoms. The fraction of sp³-hybridized carbons (Fsp3) is 0.500. The van der Waals surface area contributed by atoms with Gasteiger partial charge in [-0.15, -0.1) is 0 Å². The summed E-state index contributed by atoms with van der Waals surface area (Å²) in [4.78, 5) is 14.6. The number of hydrogen-bond donors (Lipinski definition) is 1. The van der Waals surface area contributed by atoms with Gasteiger partial charge in [-0.25, -0.2) is 0 Å². The fourth-order valence-electron chi connectivity index (χ4n) is 1.14. The first-order chi connectivity index (χ1) is 5.36. The van der Waals surface area contributed by atoms with Crippen molar-refractivity contribution in [2.75, 3.05) is 6.54 Å². The van der Waals surface area contributed by atoms with Crippen LogP contribution in [0.15, 0.2) is 10.9 Å². The van der Waals surface area contributed by atoms with Crippen molar-refractivity contribution in [1.29, 1.82) is 0 Å². The lowest BCUT2D eigenvalue weighted by molar-refractivity contribution is -0.119. The molecule has 1 saturated heterocycles. The first-order valence-corrected chi connectivity index (χ1v) is 3.39. The Hall–Kier alpha value is -1.39. The summed E-state index contributed by atoms with van der Waals surface area (Å²) in [6.45, 7) is 0.612. The maximum absolute atomic E-state index is 10.7. The van der Waals surface area contributed by atoms with Crippen molar-refractivity contribution >= 4 is 5.91 Å². The van der Waals surface area contributed by atoms with Gasteiger partial charge in [0.25, 0.3) is 0 Å². The van der Waals surface area contributed by atoms with E-state index < -0.39 is 0 Å². The molecule has 1 fully saturated rings. The SMILES string of the molecule is O=C1CC(c2ncno2)CN1. The molecule has 2 rings (SSSR count). The van der Waals surface area contributed by atoms with Crippen molar-refractivity contribution in [2.45, 2.75) is 12.3 Å². The molecule has 1 aliphatic rings. The summed E-state index contributed by atoms with van der Waals surface area (Å²) in [5.41, 5.74) is 0. The Morgan fingerprint density at radius 1 is 1.73 bits per heavy atom. The molecule has 1 amide bonds. The van der Waals surface area contributed by atoms with Crippen LogP contribution >= 0.6 is 0 Å². The van der Waals surface area contributed by atoms with E-state index in [4.69, 9.17) is 4.52 Å². The minimum Gasteiger partial charge on any atom is -0.355 e. The van der Waals surface area contributed by atoms with Crippen LogP contribution in [0.5, 0.6) is 0 Å². The molecule has 11 heavy (non-hydrogen) atoms. The molecule has 0 bridgehead atoms. The number of rotatable bonds is 1. The normalized spacial score (nSPS) is 23.6. The molecule has 1 atom stereocenters. The van der Waals surface area contributed by atoms with Gasteiger partial charge in [0, 0.05) is 13.0 Å². The van der Waals surface area contributed by atoms with E-state index in [0.29, 0.717) is 18.9 Å². The van der Waals surface area contributed by atoms with Crippen LogP contribution < -0.4 is 5.32 Å². The Balaban J connectivity index is 2.13. The number of nitrogens with one attached hydrogen (secondary N) is 1. The molecule has 0 spiro atoms. The van der Waals surface area contributed by atoms with E-state index in [1.807, 2.05) is 0 Å². The van der Waals surface area contributed by atoms with E-state index >= 15 is 0 Å². The number of hydrogen-bond acceptors (Lipinski definition) is 4. The monoisotopic (exact) mass is 153 g/mol. The third-order valence-corrected chi connectivity index (χ3v) is 1.71. The topological polar surface area (TPSA) is 68.0 Å². The van der Waals surface area contributed by atoms with Crippen LogP contribution in [0.1, 0.15) is 18.2 Å². The van der Waals surface area contributed by atoms with E-state index in [0.717, 1.165) is 0 Å². The van der Waals surface area contributed by atoms with Crippen molar-refractivity contribution in [3.8, 4) is 0 Å². The number of carbonyl (C=O) groups is 1. The molecular weight excluding hydrogens is 146 g/mol. The number of carbonyl (C=O) groups excluding carboxylic acids is 1. The van der Waals surface area contributed by atoms with E-state index in [1.165, 1.54) is 6.33 Å². The summed E-state index contributed by atoms with van der Waals surface area (Å²) in [6, 6.07) is 0. The smallest absolute Gasteiger partial charge is 0.231 e. The number of amides is 1. The van der Waals surface area contributed by atoms with Crippen LogP contribution in [0.3, 0.4) is 0 Å². The van der Waals surface area contributed by atoms with Crippen LogP contribution in [0.4, 0.5) is 0 Å². The molecule has 1 aliphatic heterocycles. The Morgan fingerprint density at radius 2 is 2.64 bits per heavy atom. The number of aromatic nitrogens is 2. The van der Waals surface area contributed by atoms with Crippen LogP contribution in [-0.4, -0.2) is 22.6 Å². The summed E-state index contributed by atoms with van der Waals surface area (Å²) in [5, 5.41) is 6.16. The summed E-state index contributed by atoms with van der Waals surface area (Å²) >= 11 is 0. The van der Waals surface area contributed by atoms with Crippen molar-refractivity contribution in [1.82, 2.24) is 15.5 Å². The second kappa shape index (κ2) is 2.34. The second-order valence-electron chi connectivity index (χ2n) is 2.48. The van der Waals surface area contributed by atoms with Gasteiger partial charge in [-0.1, -0.05) is 5.16 Å². The first-order valence-electron chi connectivity index (χ1n) is 3.39. The van der Waals surface area contributed by atoms with Gasteiger partial charge in [0.05, 0.1) is 5.92 Å². The molecule has 5 nitrogen and oxygen atoms in total. The van der Waals surface area contributed by atoms with E-state index in [2.05, 4.69) is 15.5 Å². The molecule has 1 N–H and O–H groups in total. The van der Waals surface area contributed by atoms with Crippen LogP contribution in [0.2, 0.25) is 0 Å². The maximum Gasteiger partial charge on any atom is 0.231 e. The number of nitrogens with zero attached hydrogens (tertiary/aromatic N) is 2. The minimum atomic E-state index is 0.0493. The lowest BCUT2D eigenvalue weighted by Gasteiger charge is -1.96. The van der Waals surface area contributed by atoms with Crippen LogP contribution in [0, 0.1) is 0 Å². The Labute approximate surface area is 62.8 Å². The molecule has 1 aromatic rings. The standard InChI is InChI=1S/C6H7N3O2/c10-5-1-4(2-7-5)6-8-3-9-11-6/h3-4H,1-2H2,(H,7,10). The molecule has 0 radical (unpaired) electrons. The van der Waals surface area contributed by atoms with Gasteiger partial charge in [0.2, 0.25) is 11.8 Å². The van der Waals surface area contributed by atoms with E-state index in [1.54, 1.807) is 0 Å². The van der Waals surface area contributed by atoms with Gasteiger partial charge in [0.15, 0.2) is 6.33 Å². The second-order valence-corrected chi connectivity index (χ2v) is 2.48. The molecule has 58 valence electrons. The zero-order chi connectivity index (χ0) is 7.68. The highest BCUT2D eigenvalue weighted by molar-refractivity contribution is 5.79. The fourth-order valence-corrected chi connectivity index (χ4v) is 1.14. The third kappa shape index (κ3) is 1.09. The van der Waals surface area contributed by atoms with E-state index in [-0.39, 0.29) is 11.8 Å². The molecule has 0 aromatic carbocycles. The summed E-state index contributed by atoms with van der Waals surface area (Å²) in [5.74, 6) is 0.668. The lowest BCUT2D eigenvalue weighted by Crippen LogP contribution is -2.13. The predicted molar refractivity (Wildman–Crippen MR) is 34.7 cm³/mol. The Bertz CT molecular complexity index is 257. The van der Waals surface area contributed by atoms with Crippen molar-refractivity contribution < 1.29 is 9.32 Å². The van der Waals surface area contributed by atoms with Crippen LogP contribution in [-0.2, 0) is 4.79 Å². The average molecular weight is 153 g/mol. The highest BCUT2D eigenvalue weighted by Crippen LogP contribution is 2.19. The van der Waals surface area contributed by atoms with Gasteiger partial charge in [-0.3, -0.25) is 4.79 Å². The molecule has 0 aliphatic carbocycles. The van der Waals surface area contributed by atoms with Crippen molar-refractivity contribution in [3.63, 3.8) is 0 Å². The van der Waals surface area contributed by atoms with Gasteiger partial charge in [0.1, 0.15) is 0 Å². The van der Waals surface area contributed by atoms with Gasteiger partial charge in [-0.05, 0) is 0 Å². The largest absolute Gasteiger partial charge is 0.355 e. The van der Waals surface area contributed by atoms with Gasteiger partial charge < -0.3 is 9.84 Å². The summed E-state index contributed by atoms with van der Waals surface area (Å²) in [6.07, 6.45) is 1.81. The summed E-state index contributed by atoms with van der Waals surface area (Å²) < 4.78 is 4.81. The minimum absolute atomic E-state index is 0.0493. The molecular formula is C6H7N3O2. The Kier molecular flexibility index (Phi) is 1.34. The quantitative estimate of drug-likeness (QED) is 0.600. The predicted octanol–water partition coefficient (Wildman–Crippen LogP) is -0.327. The van der Waals surface area contributed by atoms with Gasteiger partial charge >= 0.3 is 0 Å². The molecule has 1 unspecified atom stereocenters. The van der Waals surface area contributed by atoms with E-state index in [9.17, 15) is 4.79 Å². The molecule has 2 heterocycles. The zero-order valence-electron chi connectivity index (χ0n) is 5.78. The maximum atomic E-state index is 10.7. The van der Waals surface area contributed by atoms with Crippen molar-refractivity contribution in [2.24, 2.45) is 0 Å². The Morgan fingerprint density at radius 3 is 3.18 bits per heavy atom. The molecule has 0 saturated carbocycles. The third-order valence-electron chi connectivity index (χ3n) is 1.71.